The molecule has 0 aliphatic carbocycles. The quantitative estimate of drug-likeness (QED) is 0.637. The molecule has 0 fully saturated rings. The fourth-order valence-electron chi connectivity index (χ4n) is 2.49. The van der Waals surface area contributed by atoms with Gasteiger partial charge in [0.15, 0.2) is 5.65 Å². The smallest absolute Gasteiger partial charge is 0.211 e. The molecule has 0 unspecified atom stereocenters. The minimum Gasteiger partial charge on any atom is -0.324 e. The van der Waals surface area contributed by atoms with Gasteiger partial charge in [-0.15, -0.1) is 10.2 Å². The van der Waals surface area contributed by atoms with Crippen LogP contribution in [0.3, 0.4) is 0 Å². The first-order valence-electron chi connectivity index (χ1n) is 7.59. The molecule has 0 saturated heterocycles. The van der Waals surface area contributed by atoms with Gasteiger partial charge in [0, 0.05) is 17.7 Å². The Morgan fingerprint density at radius 3 is 2.76 bits per heavy atom. The van der Waals surface area contributed by atoms with E-state index in [9.17, 15) is 0 Å². The molecule has 0 saturated carbocycles. The first-order valence-corrected chi connectivity index (χ1v) is 8.58. The number of thioether (sulfide) groups is 1. The van der Waals surface area contributed by atoms with Crippen LogP contribution in [-0.2, 0) is 6.54 Å². The van der Waals surface area contributed by atoms with Crippen molar-refractivity contribution in [1.82, 2.24) is 19.7 Å². The Hall–Kier alpha value is -1.62. The Balaban J connectivity index is 2.15. The molecule has 2 aromatic heterocycles. The summed E-state index contributed by atoms with van der Waals surface area (Å²) in [6.45, 7) is 5.36. The van der Waals surface area contributed by atoms with Crippen LogP contribution in [0.4, 0.5) is 0 Å². The zero-order chi connectivity index (χ0) is 14.7. The maximum atomic E-state index is 4.76. The third-order valence-electron chi connectivity index (χ3n) is 3.53. The van der Waals surface area contributed by atoms with Gasteiger partial charge in [0.2, 0.25) is 5.16 Å². The summed E-state index contributed by atoms with van der Waals surface area (Å²) >= 11 is 1.68. The third-order valence-corrected chi connectivity index (χ3v) is 4.57. The van der Waals surface area contributed by atoms with Gasteiger partial charge in [-0.25, -0.2) is 4.98 Å². The fraction of sp³-hybridized carbons (Fsp3) is 0.438. The molecule has 0 bridgehead atoms. The number of unbranched alkanes of at least 4 members (excludes halogenated alkanes) is 1. The van der Waals surface area contributed by atoms with Crippen LogP contribution in [0, 0.1) is 0 Å². The van der Waals surface area contributed by atoms with Gasteiger partial charge in [0.1, 0.15) is 5.52 Å². The van der Waals surface area contributed by atoms with Crippen molar-refractivity contribution in [3.8, 4) is 0 Å². The number of aromatic nitrogens is 4. The lowest BCUT2D eigenvalue weighted by molar-refractivity contribution is 0.656. The zero-order valence-corrected chi connectivity index (χ0v) is 13.4. The average molecular weight is 300 g/mol. The topological polar surface area (TPSA) is 43.6 Å². The van der Waals surface area contributed by atoms with Gasteiger partial charge in [-0.1, -0.05) is 50.2 Å². The first kappa shape index (κ1) is 14.3. The Kier molecular flexibility index (Phi) is 4.39. The van der Waals surface area contributed by atoms with Gasteiger partial charge >= 0.3 is 0 Å². The van der Waals surface area contributed by atoms with Crippen molar-refractivity contribution in [1.29, 1.82) is 0 Å². The van der Waals surface area contributed by atoms with E-state index in [4.69, 9.17) is 4.98 Å². The number of fused-ring (bicyclic) bond motifs is 3. The highest BCUT2D eigenvalue weighted by Crippen LogP contribution is 2.27. The van der Waals surface area contributed by atoms with Gasteiger partial charge in [0.25, 0.3) is 0 Å². The van der Waals surface area contributed by atoms with Gasteiger partial charge in [0.05, 0.1) is 5.52 Å². The van der Waals surface area contributed by atoms with E-state index in [1.807, 2.05) is 6.07 Å². The summed E-state index contributed by atoms with van der Waals surface area (Å²) in [6, 6.07) is 8.37. The normalized spacial score (nSPS) is 11.5. The van der Waals surface area contributed by atoms with Crippen molar-refractivity contribution in [2.24, 2.45) is 0 Å². The van der Waals surface area contributed by atoms with Crippen LogP contribution >= 0.6 is 11.8 Å². The summed E-state index contributed by atoms with van der Waals surface area (Å²) in [7, 11) is 0. The van der Waals surface area contributed by atoms with E-state index < -0.39 is 0 Å². The molecule has 0 amide bonds. The zero-order valence-electron chi connectivity index (χ0n) is 12.5. The van der Waals surface area contributed by atoms with E-state index in [-0.39, 0.29) is 0 Å². The molecule has 21 heavy (non-hydrogen) atoms. The predicted octanol–water partition coefficient (Wildman–Crippen LogP) is 4.28. The molecule has 0 aliphatic heterocycles. The number of aryl methyl sites for hydroxylation is 1. The van der Waals surface area contributed by atoms with Crippen molar-refractivity contribution in [3.05, 3.63) is 24.3 Å². The maximum Gasteiger partial charge on any atom is 0.211 e. The van der Waals surface area contributed by atoms with Gasteiger partial charge in [-0.2, -0.15) is 0 Å². The Morgan fingerprint density at radius 2 is 1.95 bits per heavy atom. The summed E-state index contributed by atoms with van der Waals surface area (Å²) in [4.78, 5) is 4.76. The van der Waals surface area contributed by atoms with Crippen LogP contribution in [0.25, 0.3) is 22.1 Å². The highest BCUT2D eigenvalue weighted by molar-refractivity contribution is 7.99. The van der Waals surface area contributed by atoms with E-state index in [2.05, 4.69) is 46.8 Å². The van der Waals surface area contributed by atoms with E-state index in [1.165, 1.54) is 11.9 Å². The molecular weight excluding hydrogens is 280 g/mol. The van der Waals surface area contributed by atoms with Crippen LogP contribution < -0.4 is 0 Å². The number of hydrogen-bond acceptors (Lipinski definition) is 4. The predicted molar refractivity (Wildman–Crippen MR) is 88.8 cm³/mol. The van der Waals surface area contributed by atoms with E-state index in [1.54, 1.807) is 11.8 Å². The highest BCUT2D eigenvalue weighted by atomic mass is 32.2. The van der Waals surface area contributed by atoms with Crippen molar-refractivity contribution in [2.75, 3.05) is 5.75 Å². The van der Waals surface area contributed by atoms with Crippen LogP contribution in [0.5, 0.6) is 0 Å². The van der Waals surface area contributed by atoms with Crippen molar-refractivity contribution < 1.29 is 0 Å². The molecular formula is C16H20N4S. The Bertz CT molecular complexity index is 750. The van der Waals surface area contributed by atoms with Crippen LogP contribution in [0.15, 0.2) is 29.4 Å². The lowest BCUT2D eigenvalue weighted by Gasteiger charge is -2.05. The average Bonchev–Trinajstić information content (AvgIpc) is 2.84. The van der Waals surface area contributed by atoms with E-state index in [0.717, 1.165) is 46.8 Å². The van der Waals surface area contributed by atoms with Gasteiger partial charge < -0.3 is 4.57 Å². The van der Waals surface area contributed by atoms with Crippen LogP contribution in [0.2, 0.25) is 0 Å². The van der Waals surface area contributed by atoms with Crippen LogP contribution in [0.1, 0.15) is 33.1 Å². The second-order valence-corrected chi connectivity index (χ2v) is 6.20. The van der Waals surface area contributed by atoms with Gasteiger partial charge in [-0.05, 0) is 18.9 Å². The number of hydrogen-bond donors (Lipinski definition) is 0. The highest BCUT2D eigenvalue weighted by Gasteiger charge is 2.14. The second-order valence-electron chi connectivity index (χ2n) is 5.14. The molecule has 0 aliphatic rings. The lowest BCUT2D eigenvalue weighted by Crippen LogP contribution is -2.01. The molecule has 5 heteroatoms. The molecule has 3 rings (SSSR count). The monoisotopic (exact) mass is 300 g/mol. The Morgan fingerprint density at radius 1 is 1.10 bits per heavy atom. The second kappa shape index (κ2) is 6.43. The molecule has 0 radical (unpaired) electrons. The molecule has 0 spiro atoms. The molecule has 0 atom stereocenters. The molecule has 2 heterocycles. The minimum absolute atomic E-state index is 0.782. The molecule has 110 valence electrons. The van der Waals surface area contributed by atoms with Gasteiger partial charge in [-0.3, -0.25) is 0 Å². The Labute approximate surface area is 129 Å². The van der Waals surface area contributed by atoms with E-state index >= 15 is 0 Å². The number of benzene rings is 1. The molecule has 0 N–H and O–H groups in total. The standard InChI is InChI=1S/C16H20N4S/c1-3-5-10-20-13-9-7-6-8-12(13)14-15(20)17-16(19-18-14)21-11-4-2/h6-9H,3-5,10-11H2,1-2H3. The largest absolute Gasteiger partial charge is 0.324 e. The lowest BCUT2D eigenvalue weighted by atomic mass is 10.2. The number of nitrogens with zero attached hydrogens (tertiary/aromatic N) is 4. The summed E-state index contributed by atoms with van der Waals surface area (Å²) in [6.07, 6.45) is 3.43. The fourth-order valence-corrected chi connectivity index (χ4v) is 3.12. The summed E-state index contributed by atoms with van der Waals surface area (Å²) < 4.78 is 2.29. The van der Waals surface area contributed by atoms with Crippen molar-refractivity contribution in [3.63, 3.8) is 0 Å². The third kappa shape index (κ3) is 2.75. The summed E-state index contributed by atoms with van der Waals surface area (Å²) in [5.41, 5.74) is 3.10. The molecule has 3 aromatic rings. The maximum absolute atomic E-state index is 4.76. The molecule has 1 aromatic carbocycles. The number of para-hydroxylation sites is 1. The SMILES string of the molecule is CCCCn1c2ccccc2c2nnc(SCCC)nc21. The molecule has 4 nitrogen and oxygen atoms in total. The minimum atomic E-state index is 0.782. The van der Waals surface area contributed by atoms with E-state index in [0.29, 0.717) is 0 Å². The summed E-state index contributed by atoms with van der Waals surface area (Å²) in [5.74, 6) is 1.03. The first-order chi connectivity index (χ1) is 10.3. The van der Waals surface area contributed by atoms with Crippen molar-refractivity contribution >= 4 is 33.8 Å². The van der Waals surface area contributed by atoms with Crippen LogP contribution in [-0.4, -0.2) is 25.5 Å². The van der Waals surface area contributed by atoms with Crippen molar-refractivity contribution in [2.45, 2.75) is 44.8 Å². The number of rotatable bonds is 6. The summed E-state index contributed by atoms with van der Waals surface area (Å²) in [5, 5.41) is 10.6.